The van der Waals surface area contributed by atoms with E-state index < -0.39 is 10.0 Å². The second-order valence-electron chi connectivity index (χ2n) is 19.0. The zero-order chi connectivity index (χ0) is 45.0. The van der Waals surface area contributed by atoms with E-state index in [1.807, 2.05) is 0 Å². The molecule has 2 aliphatic heterocycles. The van der Waals surface area contributed by atoms with E-state index in [0.717, 1.165) is 28.4 Å². The fourth-order valence-corrected chi connectivity index (χ4v) is 13.7. The van der Waals surface area contributed by atoms with E-state index in [9.17, 15) is 0 Å². The summed E-state index contributed by atoms with van der Waals surface area (Å²) in [4.78, 5) is 10.1. The molecule has 0 N–H and O–H groups in total. The van der Waals surface area contributed by atoms with Crippen LogP contribution in [-0.2, 0) is 5.41 Å². The molecule has 0 unspecified atom stereocenters. The van der Waals surface area contributed by atoms with Gasteiger partial charge in [-0.05, 0) is 158 Å². The molecule has 0 aromatic heterocycles. The van der Waals surface area contributed by atoms with E-state index >= 15 is 0 Å². The van der Waals surface area contributed by atoms with Gasteiger partial charge in [-0.25, -0.2) is 0 Å². The van der Waals surface area contributed by atoms with Crippen LogP contribution >= 0.6 is 10.0 Å². The van der Waals surface area contributed by atoms with Crippen molar-refractivity contribution in [3.63, 3.8) is 0 Å². The summed E-state index contributed by atoms with van der Waals surface area (Å²) < 4.78 is 0. The Bertz CT molecular complexity index is 3580. The van der Waals surface area contributed by atoms with Crippen LogP contribution in [-0.4, -0.2) is 12.5 Å². The van der Waals surface area contributed by atoms with Gasteiger partial charge in [0.2, 0.25) is 0 Å². The molecule has 0 atom stereocenters. The maximum Gasteiger partial charge on any atom is 0.0703 e. The first-order chi connectivity index (χ1) is 32.7. The van der Waals surface area contributed by atoms with Gasteiger partial charge in [-0.3, -0.25) is 0 Å². The molecule has 0 bridgehead atoms. The minimum absolute atomic E-state index is 0.183. The third kappa shape index (κ3) is 6.06. The quantitative estimate of drug-likeness (QED) is 0.126. The molecule has 2 heterocycles. The van der Waals surface area contributed by atoms with Crippen LogP contribution in [0.5, 0.6) is 0 Å². The first kappa shape index (κ1) is 39.6. The Morgan fingerprint density at radius 1 is 0.358 bits per heavy atom. The lowest BCUT2D eigenvalue weighted by Crippen LogP contribution is -2.24. The molecule has 322 valence electrons. The summed E-state index contributed by atoms with van der Waals surface area (Å²) >= 11 is 0. The average molecular weight is 880 g/mol. The smallest absolute Gasteiger partial charge is 0.0703 e. The Morgan fingerprint density at radius 2 is 0.776 bits per heavy atom. The summed E-state index contributed by atoms with van der Waals surface area (Å²) in [7, 11) is -1.14. The summed E-state index contributed by atoms with van der Waals surface area (Å²) in [6, 6.07) is 78.7. The van der Waals surface area contributed by atoms with Crippen LogP contribution in [0.4, 0.5) is 51.2 Å². The van der Waals surface area contributed by atoms with Gasteiger partial charge in [-0.15, -0.1) is 0 Å². The molecule has 10 aromatic carbocycles. The van der Waals surface area contributed by atoms with Gasteiger partial charge in [0.05, 0.1) is 34.1 Å². The summed E-state index contributed by atoms with van der Waals surface area (Å²) in [5.41, 5.74) is 18.3. The molecular weight excluding hydrogens is 831 g/mol. The Labute approximate surface area is 394 Å². The molecule has 0 fully saturated rings. The van der Waals surface area contributed by atoms with Crippen LogP contribution in [0.15, 0.2) is 222 Å². The molecule has 67 heavy (non-hydrogen) atoms. The van der Waals surface area contributed by atoms with Crippen molar-refractivity contribution < 1.29 is 0 Å². The lowest BCUT2D eigenvalue weighted by Gasteiger charge is -2.45. The van der Waals surface area contributed by atoms with Crippen molar-refractivity contribution in [2.45, 2.75) is 29.1 Å². The van der Waals surface area contributed by atoms with Crippen molar-refractivity contribution in [1.29, 1.82) is 0 Å². The number of rotatable bonds is 5. The van der Waals surface area contributed by atoms with Gasteiger partial charge in [-0.2, -0.15) is 10.0 Å². The summed E-state index contributed by atoms with van der Waals surface area (Å²) in [5, 5.41) is 5.03. The van der Waals surface area contributed by atoms with E-state index in [1.165, 1.54) is 87.5 Å². The molecule has 4 heteroatoms. The highest BCUT2D eigenvalue weighted by Gasteiger charge is 2.38. The maximum absolute atomic E-state index is 2.46. The van der Waals surface area contributed by atoms with E-state index in [4.69, 9.17) is 0 Å². The number of hydrogen-bond donors (Lipinski definition) is 0. The van der Waals surface area contributed by atoms with Crippen molar-refractivity contribution in [2.75, 3.05) is 27.2 Å². The summed E-state index contributed by atoms with van der Waals surface area (Å²) in [6.45, 7) is 4.76. The van der Waals surface area contributed by atoms with Crippen LogP contribution in [0.1, 0.15) is 36.1 Å². The van der Waals surface area contributed by atoms with Crippen molar-refractivity contribution in [3.05, 3.63) is 235 Å². The highest BCUT2D eigenvalue weighted by atomic mass is 32.3. The lowest BCUT2D eigenvalue weighted by molar-refractivity contribution is 0.660. The molecule has 0 radical (unpaired) electrons. The predicted octanol–water partition coefficient (Wildman–Crippen LogP) is 18.0. The van der Waals surface area contributed by atoms with Crippen LogP contribution < -0.4 is 14.7 Å². The Morgan fingerprint density at radius 3 is 1.39 bits per heavy atom. The van der Waals surface area contributed by atoms with E-state index in [1.54, 1.807) is 0 Å². The SMILES string of the molecule is CC1(C)c2cc(/C=C/c3ccc4c(ccc5cc(N6c7ccccc7S(C)(C)c7ccccc76)ccc54)c3)ccc2-c2ccc(N3c4ccccc4N(c4ccccc4)c4ccccc43)cc21. The average Bonchev–Trinajstić information content (AvgIpc) is 3.59. The van der Waals surface area contributed by atoms with Crippen LogP contribution in [0.2, 0.25) is 0 Å². The Kier molecular flexibility index (Phi) is 8.78. The number of para-hydroxylation sites is 7. The molecule has 3 nitrogen and oxygen atoms in total. The fraction of sp³-hybridized carbons (Fsp3) is 0.0794. The van der Waals surface area contributed by atoms with Gasteiger partial charge in [0.1, 0.15) is 0 Å². The third-order valence-corrected chi connectivity index (χ3v) is 17.5. The van der Waals surface area contributed by atoms with Gasteiger partial charge >= 0.3 is 0 Å². The minimum atomic E-state index is -1.14. The van der Waals surface area contributed by atoms with Crippen LogP contribution in [0.25, 0.3) is 44.8 Å². The molecule has 0 saturated carbocycles. The van der Waals surface area contributed by atoms with Gasteiger partial charge < -0.3 is 14.7 Å². The zero-order valence-corrected chi connectivity index (χ0v) is 38.9. The van der Waals surface area contributed by atoms with Gasteiger partial charge in [0.15, 0.2) is 0 Å². The first-order valence-corrected chi connectivity index (χ1v) is 25.7. The Hall–Kier alpha value is -7.79. The first-order valence-electron chi connectivity index (χ1n) is 23.2. The van der Waals surface area contributed by atoms with Crippen molar-refractivity contribution in [3.8, 4) is 11.1 Å². The molecule has 0 spiro atoms. The van der Waals surface area contributed by atoms with Crippen LogP contribution in [0.3, 0.4) is 0 Å². The highest BCUT2D eigenvalue weighted by Crippen LogP contribution is 2.67. The standard InChI is InChI=1S/C63H49N3S/c1-63(2)53-39-43(29-35-51(53)52-37-33-48(41-54(52)63)65-57-20-10-8-18-55(57)64(46-16-6-5-7-17-46)56-19-9-11-21-58(56)65)27-26-42-28-34-49-44(38-42)30-31-45-40-47(32-36-50(45)49)66-59-22-12-14-24-61(59)67(3,4)62-25-15-13-23-60(62)66/h5-41H,1-4H3/b27-26+. The summed E-state index contributed by atoms with van der Waals surface area (Å²) in [5.74, 6) is 0. The molecule has 3 aliphatic rings. The van der Waals surface area contributed by atoms with Crippen molar-refractivity contribution in [1.82, 2.24) is 0 Å². The molecule has 0 saturated heterocycles. The number of hydrogen-bond acceptors (Lipinski definition) is 3. The fourth-order valence-electron chi connectivity index (χ4n) is 11.2. The molecule has 1 aliphatic carbocycles. The van der Waals surface area contributed by atoms with Gasteiger partial charge in [0, 0.05) is 32.3 Å². The van der Waals surface area contributed by atoms with Crippen molar-refractivity contribution >= 4 is 94.9 Å². The number of anilines is 9. The molecule has 13 rings (SSSR count). The largest absolute Gasteiger partial charge is 0.308 e. The third-order valence-electron chi connectivity index (χ3n) is 14.6. The van der Waals surface area contributed by atoms with Gasteiger partial charge in [-0.1, -0.05) is 147 Å². The normalized spacial score (nSPS) is 15.4. The van der Waals surface area contributed by atoms with Crippen molar-refractivity contribution in [2.24, 2.45) is 0 Å². The topological polar surface area (TPSA) is 9.72 Å². The minimum Gasteiger partial charge on any atom is -0.308 e. The predicted molar refractivity (Wildman–Crippen MR) is 288 cm³/mol. The zero-order valence-electron chi connectivity index (χ0n) is 38.1. The number of fused-ring (bicyclic) bond motifs is 10. The lowest BCUT2D eigenvalue weighted by atomic mass is 9.81. The Balaban J connectivity index is 0.798. The second-order valence-corrected chi connectivity index (χ2v) is 22.6. The summed E-state index contributed by atoms with van der Waals surface area (Å²) in [6.07, 6.45) is 9.39. The van der Waals surface area contributed by atoms with E-state index in [0.29, 0.717) is 0 Å². The van der Waals surface area contributed by atoms with E-state index in [-0.39, 0.29) is 5.41 Å². The highest BCUT2D eigenvalue weighted by molar-refractivity contribution is 8.33. The second kappa shape index (κ2) is 14.9. The van der Waals surface area contributed by atoms with E-state index in [2.05, 4.69) is 266 Å². The number of benzene rings is 10. The molecule has 0 amide bonds. The number of nitrogens with zero attached hydrogens (tertiary/aromatic N) is 3. The molecular formula is C63H49N3S. The molecule has 10 aromatic rings. The monoisotopic (exact) mass is 879 g/mol. The van der Waals surface area contributed by atoms with Crippen LogP contribution in [0, 0.1) is 0 Å². The maximum atomic E-state index is 2.46. The van der Waals surface area contributed by atoms with Gasteiger partial charge in [0.25, 0.3) is 0 Å².